The minimum Gasteiger partial charge on any atom is -0.481 e. The van der Waals surface area contributed by atoms with Crippen molar-refractivity contribution >= 4 is 5.97 Å². The first-order valence-corrected chi connectivity index (χ1v) is 7.63. The van der Waals surface area contributed by atoms with Gasteiger partial charge in [0.05, 0.1) is 5.92 Å². The highest BCUT2D eigenvalue weighted by Crippen LogP contribution is 2.16. The van der Waals surface area contributed by atoms with Crippen molar-refractivity contribution in [2.45, 2.75) is 46.6 Å². The molecule has 1 rings (SSSR count). The molecule has 0 saturated heterocycles. The van der Waals surface area contributed by atoms with E-state index in [1.54, 1.807) is 0 Å². The summed E-state index contributed by atoms with van der Waals surface area (Å²) in [5.41, 5.74) is 2.41. The Balaban J connectivity index is 2.63. The molecule has 0 aromatic heterocycles. The third kappa shape index (κ3) is 5.33. The number of carboxylic acid groups (broad SMARTS) is 1. The standard InChI is InChI=1S/C17H27NO2/c1-4-7-16(17(19)20)12-14-8-10-15(11-9-14)13-18(5-2)6-3/h8-11,16H,4-7,12-13H2,1-3H3,(H,19,20). The van der Waals surface area contributed by atoms with Crippen molar-refractivity contribution in [2.24, 2.45) is 5.92 Å². The molecule has 0 aliphatic carbocycles. The molecule has 1 aromatic carbocycles. The molecule has 20 heavy (non-hydrogen) atoms. The minimum absolute atomic E-state index is 0.256. The highest BCUT2D eigenvalue weighted by Gasteiger charge is 2.16. The SMILES string of the molecule is CCCC(Cc1ccc(CN(CC)CC)cc1)C(=O)O. The van der Waals surface area contributed by atoms with E-state index in [-0.39, 0.29) is 5.92 Å². The zero-order valence-corrected chi connectivity index (χ0v) is 12.9. The molecule has 1 unspecified atom stereocenters. The van der Waals surface area contributed by atoms with Crippen molar-refractivity contribution < 1.29 is 9.90 Å². The fourth-order valence-electron chi connectivity index (χ4n) is 2.43. The van der Waals surface area contributed by atoms with Gasteiger partial charge in [0, 0.05) is 6.54 Å². The first-order valence-electron chi connectivity index (χ1n) is 7.63. The van der Waals surface area contributed by atoms with E-state index in [0.29, 0.717) is 6.42 Å². The largest absolute Gasteiger partial charge is 0.481 e. The van der Waals surface area contributed by atoms with Gasteiger partial charge in [0.15, 0.2) is 0 Å². The molecule has 1 aromatic rings. The van der Waals surface area contributed by atoms with Gasteiger partial charge in [-0.1, -0.05) is 51.5 Å². The van der Waals surface area contributed by atoms with Crippen LogP contribution in [0.2, 0.25) is 0 Å². The number of carbonyl (C=O) groups is 1. The number of hydrogen-bond acceptors (Lipinski definition) is 2. The van der Waals surface area contributed by atoms with Crippen LogP contribution in [0.4, 0.5) is 0 Å². The first kappa shape index (κ1) is 16.7. The molecule has 0 radical (unpaired) electrons. The number of rotatable bonds is 9. The molecule has 3 nitrogen and oxygen atoms in total. The number of aliphatic carboxylic acids is 1. The van der Waals surface area contributed by atoms with Crippen LogP contribution in [0.3, 0.4) is 0 Å². The molecule has 1 N–H and O–H groups in total. The Bertz CT molecular complexity index is 396. The number of hydrogen-bond donors (Lipinski definition) is 1. The molecule has 3 heteroatoms. The topological polar surface area (TPSA) is 40.5 Å². The van der Waals surface area contributed by atoms with Crippen LogP contribution in [-0.4, -0.2) is 29.1 Å². The lowest BCUT2D eigenvalue weighted by Gasteiger charge is -2.18. The molecular weight excluding hydrogens is 250 g/mol. The van der Waals surface area contributed by atoms with Crippen LogP contribution in [0.15, 0.2) is 24.3 Å². The third-order valence-corrected chi connectivity index (χ3v) is 3.79. The molecule has 0 fully saturated rings. The second-order valence-electron chi connectivity index (χ2n) is 5.31. The maximum atomic E-state index is 11.2. The van der Waals surface area contributed by atoms with Gasteiger partial charge in [-0.25, -0.2) is 0 Å². The van der Waals surface area contributed by atoms with E-state index in [0.717, 1.165) is 38.0 Å². The van der Waals surface area contributed by atoms with Crippen LogP contribution in [0.25, 0.3) is 0 Å². The molecule has 0 heterocycles. The Labute approximate surface area is 122 Å². The predicted octanol–water partition coefficient (Wildman–Crippen LogP) is 3.57. The van der Waals surface area contributed by atoms with Crippen LogP contribution in [0, 0.1) is 5.92 Å². The normalized spacial score (nSPS) is 12.6. The fourth-order valence-corrected chi connectivity index (χ4v) is 2.43. The molecule has 0 saturated carbocycles. The second-order valence-corrected chi connectivity index (χ2v) is 5.31. The summed E-state index contributed by atoms with van der Waals surface area (Å²) in [4.78, 5) is 13.5. The average Bonchev–Trinajstić information content (AvgIpc) is 2.45. The monoisotopic (exact) mass is 277 g/mol. The van der Waals surface area contributed by atoms with Crippen molar-refractivity contribution in [1.29, 1.82) is 0 Å². The van der Waals surface area contributed by atoms with Gasteiger partial charge in [-0.15, -0.1) is 0 Å². The molecule has 1 atom stereocenters. The van der Waals surface area contributed by atoms with Crippen LogP contribution in [0.5, 0.6) is 0 Å². The summed E-state index contributed by atoms with van der Waals surface area (Å²) in [6.45, 7) is 9.43. The maximum Gasteiger partial charge on any atom is 0.306 e. The van der Waals surface area contributed by atoms with Crippen molar-refractivity contribution in [2.75, 3.05) is 13.1 Å². The first-order chi connectivity index (χ1) is 9.60. The lowest BCUT2D eigenvalue weighted by molar-refractivity contribution is -0.141. The quantitative estimate of drug-likeness (QED) is 0.750. The fraction of sp³-hybridized carbons (Fsp3) is 0.588. The summed E-state index contributed by atoms with van der Waals surface area (Å²) in [6, 6.07) is 8.39. The van der Waals surface area contributed by atoms with E-state index < -0.39 is 5.97 Å². The van der Waals surface area contributed by atoms with Crippen molar-refractivity contribution in [1.82, 2.24) is 4.90 Å². The van der Waals surface area contributed by atoms with Gasteiger partial charge < -0.3 is 5.11 Å². The Hall–Kier alpha value is -1.35. The Morgan fingerprint density at radius 3 is 2.10 bits per heavy atom. The van der Waals surface area contributed by atoms with Crippen molar-refractivity contribution in [3.05, 3.63) is 35.4 Å². The summed E-state index contributed by atoms with van der Waals surface area (Å²) in [6.07, 6.45) is 2.29. The number of nitrogens with zero attached hydrogens (tertiary/aromatic N) is 1. The van der Waals surface area contributed by atoms with Gasteiger partial charge in [-0.2, -0.15) is 0 Å². The highest BCUT2D eigenvalue weighted by atomic mass is 16.4. The summed E-state index contributed by atoms with van der Waals surface area (Å²) in [5.74, 6) is -0.937. The van der Waals surface area contributed by atoms with E-state index in [1.165, 1.54) is 5.56 Å². The van der Waals surface area contributed by atoms with E-state index >= 15 is 0 Å². The Morgan fingerprint density at radius 1 is 1.10 bits per heavy atom. The van der Waals surface area contributed by atoms with Gasteiger partial charge in [0.2, 0.25) is 0 Å². The van der Waals surface area contributed by atoms with Gasteiger partial charge in [-0.05, 0) is 37.1 Å². The van der Waals surface area contributed by atoms with E-state index in [1.807, 2.05) is 6.92 Å². The molecule has 112 valence electrons. The van der Waals surface area contributed by atoms with E-state index in [9.17, 15) is 9.90 Å². The maximum absolute atomic E-state index is 11.2. The predicted molar refractivity (Wildman–Crippen MR) is 82.8 cm³/mol. The Kier molecular flexibility index (Phi) is 7.31. The molecule has 0 amide bonds. The zero-order valence-electron chi connectivity index (χ0n) is 12.9. The summed E-state index contributed by atoms with van der Waals surface area (Å²) in [7, 11) is 0. The molecular formula is C17H27NO2. The Morgan fingerprint density at radius 2 is 1.65 bits per heavy atom. The summed E-state index contributed by atoms with van der Waals surface area (Å²) < 4.78 is 0. The van der Waals surface area contributed by atoms with Gasteiger partial charge >= 0.3 is 5.97 Å². The minimum atomic E-state index is -0.681. The summed E-state index contributed by atoms with van der Waals surface area (Å²) >= 11 is 0. The van der Waals surface area contributed by atoms with E-state index in [4.69, 9.17) is 0 Å². The van der Waals surface area contributed by atoms with Crippen LogP contribution < -0.4 is 0 Å². The lowest BCUT2D eigenvalue weighted by atomic mass is 9.94. The number of carboxylic acids is 1. The summed E-state index contributed by atoms with van der Waals surface area (Å²) in [5, 5.41) is 9.20. The van der Waals surface area contributed by atoms with Crippen molar-refractivity contribution in [3.8, 4) is 0 Å². The molecule has 0 bridgehead atoms. The molecule has 0 aliphatic rings. The lowest BCUT2D eigenvalue weighted by Crippen LogP contribution is -2.22. The zero-order chi connectivity index (χ0) is 15.0. The van der Waals surface area contributed by atoms with Gasteiger partial charge in [-0.3, -0.25) is 9.69 Å². The smallest absolute Gasteiger partial charge is 0.306 e. The highest BCUT2D eigenvalue weighted by molar-refractivity contribution is 5.70. The third-order valence-electron chi connectivity index (χ3n) is 3.79. The second kappa shape index (κ2) is 8.75. The van der Waals surface area contributed by atoms with Crippen LogP contribution >= 0.6 is 0 Å². The van der Waals surface area contributed by atoms with Gasteiger partial charge in [0.25, 0.3) is 0 Å². The molecule has 0 spiro atoms. The van der Waals surface area contributed by atoms with Gasteiger partial charge in [0.1, 0.15) is 0 Å². The van der Waals surface area contributed by atoms with Crippen LogP contribution in [0.1, 0.15) is 44.7 Å². The molecule has 0 aliphatic heterocycles. The number of benzene rings is 1. The van der Waals surface area contributed by atoms with E-state index in [2.05, 4.69) is 43.0 Å². The average molecular weight is 277 g/mol. The van der Waals surface area contributed by atoms with Crippen molar-refractivity contribution in [3.63, 3.8) is 0 Å². The van der Waals surface area contributed by atoms with Crippen LogP contribution in [-0.2, 0) is 17.8 Å².